The number of carbonyl (C=O) groups excluding carboxylic acids is 1. The van der Waals surface area contributed by atoms with Crippen molar-refractivity contribution in [1.29, 1.82) is 0 Å². The summed E-state index contributed by atoms with van der Waals surface area (Å²) in [4.78, 5) is 13.4. The lowest BCUT2D eigenvalue weighted by atomic mass is 9.55. The predicted molar refractivity (Wildman–Crippen MR) is 168 cm³/mol. The van der Waals surface area contributed by atoms with Crippen molar-refractivity contribution in [2.45, 2.75) is 62.9 Å². The molecule has 2 fully saturated rings. The summed E-state index contributed by atoms with van der Waals surface area (Å²) < 4.78 is 49.0. The lowest BCUT2D eigenvalue weighted by Crippen LogP contribution is -2.46. The van der Waals surface area contributed by atoms with E-state index < -0.39 is 22.3 Å². The van der Waals surface area contributed by atoms with Gasteiger partial charge in [0, 0.05) is 17.0 Å². The van der Waals surface area contributed by atoms with Crippen molar-refractivity contribution in [2.24, 2.45) is 23.2 Å². The van der Waals surface area contributed by atoms with Crippen LogP contribution in [0.3, 0.4) is 0 Å². The summed E-state index contributed by atoms with van der Waals surface area (Å²) in [5.74, 6) is 2.36. The summed E-state index contributed by atoms with van der Waals surface area (Å²) in [5, 5.41) is 2.85. The first-order valence-corrected chi connectivity index (χ1v) is 16.8. The number of nitrogens with one attached hydrogen (secondary N) is 1. The number of carbonyl (C=O) groups is 1. The molecule has 0 saturated heterocycles. The zero-order valence-electron chi connectivity index (χ0n) is 25.7. The molecule has 1 N–H and O–H groups in total. The van der Waals surface area contributed by atoms with E-state index in [0.717, 1.165) is 43.4 Å². The third-order valence-electron chi connectivity index (χ3n) is 10.3. The molecule has 8 nitrogen and oxygen atoms in total. The van der Waals surface area contributed by atoms with Crippen LogP contribution >= 0.6 is 0 Å². The maximum absolute atomic E-state index is 13.3. The summed E-state index contributed by atoms with van der Waals surface area (Å²) in [5.41, 5.74) is 3.98. The molecule has 9 heteroatoms. The van der Waals surface area contributed by atoms with E-state index in [1.54, 1.807) is 62.8 Å². The average Bonchev–Trinajstić information content (AvgIpc) is 3.31. The van der Waals surface area contributed by atoms with Crippen LogP contribution in [0.25, 0.3) is 0 Å². The Bertz CT molecular complexity index is 1600. The van der Waals surface area contributed by atoms with Gasteiger partial charge in [-0.2, -0.15) is 8.42 Å². The molecule has 0 spiro atoms. The third kappa shape index (κ3) is 5.79. The summed E-state index contributed by atoms with van der Waals surface area (Å²) in [6.45, 7) is 4.08. The van der Waals surface area contributed by atoms with Gasteiger partial charge in [0.1, 0.15) is 17.6 Å². The molecule has 44 heavy (non-hydrogen) atoms. The van der Waals surface area contributed by atoms with Gasteiger partial charge in [0.05, 0.1) is 25.7 Å². The van der Waals surface area contributed by atoms with Gasteiger partial charge in [0.25, 0.3) is 10.1 Å². The fourth-order valence-corrected chi connectivity index (χ4v) is 9.05. The fourth-order valence-electron chi connectivity index (χ4n) is 8.09. The summed E-state index contributed by atoms with van der Waals surface area (Å²) in [6.07, 6.45) is 3.51. The number of fused-ring (bicyclic) bond motifs is 5. The van der Waals surface area contributed by atoms with Crippen LogP contribution in [0.1, 0.15) is 55.2 Å². The molecular formula is C35H41NO7S. The number of amides is 1. The molecule has 3 aromatic rings. The number of rotatable bonds is 8. The van der Waals surface area contributed by atoms with E-state index in [-0.39, 0.29) is 28.8 Å². The van der Waals surface area contributed by atoms with Crippen molar-refractivity contribution in [1.82, 2.24) is 0 Å². The largest absolute Gasteiger partial charge is 0.497 e. The molecule has 0 aliphatic heterocycles. The van der Waals surface area contributed by atoms with Gasteiger partial charge in [-0.1, -0.05) is 30.7 Å². The van der Waals surface area contributed by atoms with E-state index in [1.807, 2.05) is 13.0 Å². The number of methoxy groups -OCH3 is 2. The van der Waals surface area contributed by atoms with Gasteiger partial charge in [0.15, 0.2) is 0 Å². The Morgan fingerprint density at radius 2 is 1.66 bits per heavy atom. The predicted octanol–water partition coefficient (Wildman–Crippen LogP) is 7.12. The molecule has 1 amide bonds. The minimum atomic E-state index is -3.97. The van der Waals surface area contributed by atoms with Crippen LogP contribution in [0.2, 0.25) is 0 Å². The first kappa shape index (κ1) is 30.5. The highest BCUT2D eigenvalue weighted by molar-refractivity contribution is 7.86. The Hall–Kier alpha value is -3.56. The Labute approximate surface area is 260 Å². The van der Waals surface area contributed by atoms with Gasteiger partial charge >= 0.3 is 6.09 Å². The van der Waals surface area contributed by atoms with Crippen LogP contribution in [-0.2, 0) is 25.5 Å². The molecule has 6 rings (SSSR count). The molecule has 0 unspecified atom stereocenters. The average molecular weight is 620 g/mol. The summed E-state index contributed by atoms with van der Waals surface area (Å²) in [6, 6.07) is 20.1. The number of hydrogen-bond acceptors (Lipinski definition) is 7. The zero-order valence-corrected chi connectivity index (χ0v) is 26.6. The maximum Gasteiger partial charge on any atom is 0.411 e. The van der Waals surface area contributed by atoms with Gasteiger partial charge in [-0.25, -0.2) is 4.79 Å². The molecule has 0 heterocycles. The lowest BCUT2D eigenvalue weighted by molar-refractivity contribution is -0.0414. The van der Waals surface area contributed by atoms with Gasteiger partial charge in [-0.05, 0) is 116 Å². The molecule has 0 bridgehead atoms. The van der Waals surface area contributed by atoms with Crippen LogP contribution in [-0.4, -0.2) is 41.4 Å². The Balaban J connectivity index is 1.25. The highest BCUT2D eigenvalue weighted by Crippen LogP contribution is 2.63. The molecule has 6 atom stereocenters. The molecule has 2 saturated carbocycles. The number of anilines is 1. The Morgan fingerprint density at radius 3 is 2.36 bits per heavy atom. The van der Waals surface area contributed by atoms with E-state index in [4.69, 9.17) is 18.4 Å². The van der Waals surface area contributed by atoms with Crippen LogP contribution < -0.4 is 14.8 Å². The Kier molecular flexibility index (Phi) is 8.37. The number of ether oxygens (including phenoxy) is 3. The second-order valence-electron chi connectivity index (χ2n) is 12.8. The van der Waals surface area contributed by atoms with Crippen molar-refractivity contribution >= 4 is 21.9 Å². The summed E-state index contributed by atoms with van der Waals surface area (Å²) in [7, 11) is -0.687. The van der Waals surface area contributed by atoms with Crippen molar-refractivity contribution in [3.63, 3.8) is 0 Å². The smallest absolute Gasteiger partial charge is 0.411 e. The molecule has 3 aliphatic rings. The number of benzene rings is 3. The number of hydrogen-bond donors (Lipinski definition) is 1. The van der Waals surface area contributed by atoms with E-state index in [1.165, 1.54) is 11.1 Å². The minimum absolute atomic E-state index is 0.0477. The third-order valence-corrected chi connectivity index (χ3v) is 11.6. The second-order valence-corrected chi connectivity index (χ2v) is 14.4. The van der Waals surface area contributed by atoms with Gasteiger partial charge in [0.2, 0.25) is 0 Å². The SMILES string of the molecule is COc1ccc(NC(=O)O[C@H]2[C@@H](COS(=O)(=O)c3ccc(C)cc3)C[C@H]3[C@@H]4CCc5cc(OC)ccc5[C@H]4CC[C@@]32C)cc1. The first-order chi connectivity index (χ1) is 21.1. The van der Waals surface area contributed by atoms with Gasteiger partial charge in [-0.15, -0.1) is 0 Å². The van der Waals surface area contributed by atoms with E-state index in [9.17, 15) is 13.2 Å². The van der Waals surface area contributed by atoms with Gasteiger partial charge in [-0.3, -0.25) is 9.50 Å². The van der Waals surface area contributed by atoms with Crippen molar-refractivity contribution in [2.75, 3.05) is 26.1 Å². The van der Waals surface area contributed by atoms with Crippen LogP contribution in [0.15, 0.2) is 71.6 Å². The standard InChI is InChI=1S/C35H41NO7S/c1-22-5-13-28(14-6-22)44(38,39)42-21-24-20-32-31-15-7-23-19-27(41-4)12-16-29(23)30(31)17-18-35(32,2)33(24)43-34(37)36-25-8-10-26(40-3)11-9-25/h5-6,8-14,16,19,24,30-33H,7,15,17-18,20-21H2,1-4H3,(H,36,37)/t24-,30-,31-,32+,33+,35+/m1/s1. The molecule has 0 radical (unpaired) electrons. The highest BCUT2D eigenvalue weighted by atomic mass is 32.2. The monoisotopic (exact) mass is 619 g/mol. The van der Waals surface area contributed by atoms with Gasteiger partial charge < -0.3 is 14.2 Å². The molecule has 3 aromatic carbocycles. The normalized spacial score (nSPS) is 27.4. The quantitative estimate of drug-likeness (QED) is 0.268. The van der Waals surface area contributed by atoms with E-state index in [2.05, 4.69) is 24.4 Å². The molecular weight excluding hydrogens is 578 g/mol. The lowest BCUT2D eigenvalue weighted by Gasteiger charge is -2.50. The minimum Gasteiger partial charge on any atom is -0.497 e. The molecule has 3 aliphatic carbocycles. The first-order valence-electron chi connectivity index (χ1n) is 15.4. The van der Waals surface area contributed by atoms with Crippen molar-refractivity contribution in [3.05, 3.63) is 83.4 Å². The van der Waals surface area contributed by atoms with Crippen LogP contribution in [0.5, 0.6) is 11.5 Å². The maximum atomic E-state index is 13.3. The van der Waals surface area contributed by atoms with E-state index in [0.29, 0.717) is 23.3 Å². The second kappa shape index (κ2) is 12.1. The van der Waals surface area contributed by atoms with Crippen molar-refractivity contribution in [3.8, 4) is 11.5 Å². The van der Waals surface area contributed by atoms with Crippen LogP contribution in [0.4, 0.5) is 10.5 Å². The number of aryl methyl sites for hydroxylation is 2. The van der Waals surface area contributed by atoms with Crippen molar-refractivity contribution < 1.29 is 31.6 Å². The van der Waals surface area contributed by atoms with Crippen LogP contribution in [0, 0.1) is 30.1 Å². The highest BCUT2D eigenvalue weighted by Gasteiger charge is 2.60. The molecule has 234 valence electrons. The Morgan fingerprint density at radius 1 is 0.955 bits per heavy atom. The zero-order chi connectivity index (χ0) is 31.1. The summed E-state index contributed by atoms with van der Waals surface area (Å²) >= 11 is 0. The molecule has 0 aromatic heterocycles. The van der Waals surface area contributed by atoms with E-state index >= 15 is 0 Å². The fraction of sp³-hybridized carbons (Fsp3) is 0.457. The topological polar surface area (TPSA) is 100 Å².